The molecule has 0 heterocycles. The highest BCUT2D eigenvalue weighted by Gasteiger charge is 1.92. The maximum atomic E-state index is 8.52. The summed E-state index contributed by atoms with van der Waals surface area (Å²) < 4.78 is 34.1. The molecular formula is C16H40N2O4S. The molecule has 0 aromatic heterocycles. The van der Waals surface area contributed by atoms with Crippen molar-refractivity contribution in [3.8, 4) is 0 Å². The molecule has 7 heteroatoms. The van der Waals surface area contributed by atoms with Gasteiger partial charge in [0, 0.05) is 10.4 Å². The fraction of sp³-hybridized carbons (Fsp3) is 1.00. The summed E-state index contributed by atoms with van der Waals surface area (Å²) in [5, 5.41) is 0. The van der Waals surface area contributed by atoms with Crippen LogP contribution in [0, 0.1) is 0 Å². The molecule has 0 fully saturated rings. The van der Waals surface area contributed by atoms with Crippen molar-refractivity contribution in [3.05, 3.63) is 0 Å². The molecule has 0 aliphatic heterocycles. The molecule has 2 N–H and O–H groups in total. The van der Waals surface area contributed by atoms with Crippen molar-refractivity contribution < 1.29 is 27.3 Å². The molecule has 23 heavy (non-hydrogen) atoms. The van der Waals surface area contributed by atoms with Gasteiger partial charge in [0.15, 0.2) is 0 Å². The minimum absolute atomic E-state index is 1.33. The Labute approximate surface area is 144 Å². The third-order valence-electron chi connectivity index (χ3n) is 3.06. The van der Waals surface area contributed by atoms with Gasteiger partial charge in [-0.1, -0.05) is 39.5 Å². The maximum Gasteiger partial charge on any atom is 0.0766 e. The monoisotopic (exact) mass is 356 g/mol. The van der Waals surface area contributed by atoms with E-state index in [0.29, 0.717) is 0 Å². The van der Waals surface area contributed by atoms with Crippen molar-refractivity contribution in [1.29, 1.82) is 0 Å². The second-order valence-corrected chi connectivity index (χ2v) is 7.26. The van der Waals surface area contributed by atoms with Crippen LogP contribution in [0.25, 0.3) is 0 Å². The van der Waals surface area contributed by atoms with Crippen LogP contribution in [0.1, 0.15) is 65.2 Å². The third kappa shape index (κ3) is 61.4. The summed E-state index contributed by atoms with van der Waals surface area (Å²) in [5.41, 5.74) is 0. The second-order valence-electron chi connectivity index (χ2n) is 6.44. The molecule has 0 saturated heterocycles. The Kier molecular flexibility index (Phi) is 23.8. The summed E-state index contributed by atoms with van der Waals surface area (Å²) in [7, 11) is 3.69. The predicted octanol–water partition coefficient (Wildman–Crippen LogP) is 0.0844. The largest absolute Gasteiger partial charge is 0.759 e. The van der Waals surface area contributed by atoms with Crippen molar-refractivity contribution in [2.75, 3.05) is 41.3 Å². The fourth-order valence-corrected chi connectivity index (χ4v) is 1.81. The highest BCUT2D eigenvalue weighted by atomic mass is 32.3. The van der Waals surface area contributed by atoms with Gasteiger partial charge in [-0.2, -0.15) is 0 Å². The number of nitrogens with one attached hydrogen (secondary N) is 2. The van der Waals surface area contributed by atoms with Crippen LogP contribution in [0.15, 0.2) is 0 Å². The minimum Gasteiger partial charge on any atom is -0.759 e. The number of hydrogen-bond donors (Lipinski definition) is 2. The van der Waals surface area contributed by atoms with Crippen LogP contribution < -0.4 is 9.80 Å². The zero-order valence-corrected chi connectivity index (χ0v) is 16.9. The standard InChI is InChI=1S/2C8H19N.H2O4S/c2*1-4-5-6-7-8-9(2)3;1-5(2,3)4/h2*4-8H2,1-3H3;(H2,1,2,3,4). The summed E-state index contributed by atoms with van der Waals surface area (Å²) in [5.74, 6) is 0. The first kappa shape index (κ1) is 27.6. The van der Waals surface area contributed by atoms with Crippen LogP contribution in [0.2, 0.25) is 0 Å². The summed E-state index contributed by atoms with van der Waals surface area (Å²) in [6.07, 6.45) is 11.2. The zero-order valence-electron chi connectivity index (χ0n) is 16.1. The van der Waals surface area contributed by atoms with Gasteiger partial charge in [-0.05, 0) is 25.7 Å². The summed E-state index contributed by atoms with van der Waals surface area (Å²) in [6.45, 7) is 7.17. The minimum atomic E-state index is -5.17. The number of rotatable bonds is 10. The molecule has 144 valence electrons. The van der Waals surface area contributed by atoms with Crippen molar-refractivity contribution in [1.82, 2.24) is 0 Å². The Hall–Kier alpha value is -0.210. The first-order valence-corrected chi connectivity index (χ1v) is 10.1. The van der Waals surface area contributed by atoms with E-state index in [9.17, 15) is 0 Å². The normalized spacial score (nSPS) is 10.9. The molecule has 0 atom stereocenters. The summed E-state index contributed by atoms with van der Waals surface area (Å²) in [6, 6.07) is 0. The molecular weight excluding hydrogens is 316 g/mol. The topological polar surface area (TPSA) is 89.1 Å². The number of hydrogen-bond acceptors (Lipinski definition) is 4. The van der Waals surface area contributed by atoms with E-state index >= 15 is 0 Å². The lowest BCUT2D eigenvalue weighted by molar-refractivity contribution is -0.858. The Morgan fingerprint density at radius 3 is 1.09 bits per heavy atom. The van der Waals surface area contributed by atoms with E-state index in [0.717, 1.165) is 0 Å². The lowest BCUT2D eigenvalue weighted by atomic mass is 10.2. The van der Waals surface area contributed by atoms with Gasteiger partial charge in [-0.3, -0.25) is 8.42 Å². The number of unbranched alkanes of at least 4 members (excludes halogenated alkanes) is 6. The summed E-state index contributed by atoms with van der Waals surface area (Å²) >= 11 is 0. The van der Waals surface area contributed by atoms with E-state index in [4.69, 9.17) is 17.5 Å². The summed E-state index contributed by atoms with van der Waals surface area (Å²) in [4.78, 5) is 3.15. The molecule has 0 bridgehead atoms. The van der Waals surface area contributed by atoms with Crippen LogP contribution in [0.5, 0.6) is 0 Å². The van der Waals surface area contributed by atoms with Crippen LogP contribution >= 0.6 is 0 Å². The molecule has 0 amide bonds. The molecule has 0 radical (unpaired) electrons. The van der Waals surface area contributed by atoms with E-state index in [1.807, 2.05) is 0 Å². The third-order valence-corrected chi connectivity index (χ3v) is 3.06. The highest BCUT2D eigenvalue weighted by Crippen LogP contribution is 1.96. The molecule has 6 nitrogen and oxygen atoms in total. The smallest absolute Gasteiger partial charge is 0.0766 e. The average molecular weight is 357 g/mol. The van der Waals surface area contributed by atoms with Gasteiger partial charge in [0.2, 0.25) is 0 Å². The van der Waals surface area contributed by atoms with Crippen LogP contribution in [-0.2, 0) is 10.4 Å². The molecule has 0 aliphatic carbocycles. The van der Waals surface area contributed by atoms with Gasteiger partial charge in [0.1, 0.15) is 0 Å². The van der Waals surface area contributed by atoms with E-state index in [1.54, 1.807) is 9.80 Å². The maximum absolute atomic E-state index is 8.52. The van der Waals surface area contributed by atoms with Gasteiger partial charge in [0.25, 0.3) is 0 Å². The quantitative estimate of drug-likeness (QED) is 0.330. The van der Waals surface area contributed by atoms with Gasteiger partial charge in [-0.25, -0.2) is 0 Å². The molecule has 0 saturated carbocycles. The lowest BCUT2D eigenvalue weighted by Crippen LogP contribution is -3.05. The van der Waals surface area contributed by atoms with E-state index in [1.165, 1.54) is 64.5 Å². The average Bonchev–Trinajstić information content (AvgIpc) is 2.38. The van der Waals surface area contributed by atoms with Crippen molar-refractivity contribution in [2.24, 2.45) is 0 Å². The molecule has 0 rings (SSSR count). The lowest BCUT2D eigenvalue weighted by Gasteiger charge is -2.06. The van der Waals surface area contributed by atoms with E-state index in [2.05, 4.69) is 42.0 Å². The van der Waals surface area contributed by atoms with Crippen molar-refractivity contribution in [2.45, 2.75) is 65.2 Å². The van der Waals surface area contributed by atoms with Gasteiger partial charge in [-0.15, -0.1) is 0 Å². The zero-order chi connectivity index (χ0) is 18.7. The second kappa shape index (κ2) is 19.8. The molecule has 0 unspecified atom stereocenters. The Morgan fingerprint density at radius 2 is 0.913 bits per heavy atom. The van der Waals surface area contributed by atoms with Crippen LogP contribution in [-0.4, -0.2) is 58.8 Å². The van der Waals surface area contributed by atoms with E-state index < -0.39 is 10.4 Å². The first-order valence-electron chi connectivity index (χ1n) is 8.79. The van der Waals surface area contributed by atoms with Gasteiger partial charge >= 0.3 is 0 Å². The Morgan fingerprint density at radius 1 is 0.652 bits per heavy atom. The molecule has 0 aromatic rings. The van der Waals surface area contributed by atoms with Crippen molar-refractivity contribution in [3.63, 3.8) is 0 Å². The number of quaternary nitrogens is 2. The fourth-order valence-electron chi connectivity index (χ4n) is 1.81. The van der Waals surface area contributed by atoms with Gasteiger partial charge < -0.3 is 18.9 Å². The van der Waals surface area contributed by atoms with Gasteiger partial charge in [0.05, 0.1) is 41.3 Å². The molecule has 0 aromatic carbocycles. The first-order chi connectivity index (χ1) is 10.5. The SMILES string of the molecule is CCCCCC[NH+](C)C.CCCCCC[NH+](C)C.O=S(=O)([O-])[O-]. The van der Waals surface area contributed by atoms with Crippen LogP contribution in [0.4, 0.5) is 0 Å². The van der Waals surface area contributed by atoms with Crippen LogP contribution in [0.3, 0.4) is 0 Å². The highest BCUT2D eigenvalue weighted by molar-refractivity contribution is 7.79. The van der Waals surface area contributed by atoms with E-state index in [-0.39, 0.29) is 0 Å². The Bertz CT molecular complexity index is 283. The predicted molar refractivity (Wildman–Crippen MR) is 94.1 cm³/mol. The molecule has 0 aliphatic rings. The van der Waals surface area contributed by atoms with Crippen molar-refractivity contribution >= 4 is 10.4 Å². The Balaban J connectivity index is -0.000000273. The molecule has 0 spiro atoms.